The van der Waals surface area contributed by atoms with Gasteiger partial charge in [-0.3, -0.25) is 14.9 Å². The molecule has 1 aliphatic rings. The van der Waals surface area contributed by atoms with Crippen LogP contribution in [0.1, 0.15) is 13.3 Å². The third-order valence-electron chi connectivity index (χ3n) is 2.85. The molecule has 0 saturated carbocycles. The standard InChI is InChI=1S/C11H12ClN3O4/c1-6-4-7(5-19-6)11(16)14-10-8(15(17)18)2-3-9(12)13-10/h2-3,6-7H,4-5H2,1H3,(H,13,14,16). The van der Waals surface area contributed by atoms with E-state index in [9.17, 15) is 14.9 Å². The van der Waals surface area contributed by atoms with Crippen molar-refractivity contribution in [3.63, 3.8) is 0 Å². The highest BCUT2D eigenvalue weighted by Gasteiger charge is 2.30. The van der Waals surface area contributed by atoms with E-state index in [1.165, 1.54) is 12.1 Å². The number of nitro groups is 1. The maximum atomic E-state index is 11.9. The monoisotopic (exact) mass is 285 g/mol. The zero-order valence-corrected chi connectivity index (χ0v) is 10.9. The quantitative estimate of drug-likeness (QED) is 0.521. The van der Waals surface area contributed by atoms with Crippen LogP contribution in [0.4, 0.5) is 11.5 Å². The average molecular weight is 286 g/mol. The Morgan fingerprint density at radius 1 is 1.63 bits per heavy atom. The number of nitrogens with zero attached hydrogens (tertiary/aromatic N) is 2. The van der Waals surface area contributed by atoms with Gasteiger partial charge in [0.15, 0.2) is 0 Å². The summed E-state index contributed by atoms with van der Waals surface area (Å²) in [4.78, 5) is 25.9. The molecule has 2 unspecified atom stereocenters. The highest BCUT2D eigenvalue weighted by molar-refractivity contribution is 6.29. The number of rotatable bonds is 3. The van der Waals surface area contributed by atoms with Gasteiger partial charge in [-0.05, 0) is 19.4 Å². The average Bonchev–Trinajstić information content (AvgIpc) is 2.75. The number of pyridine rings is 1. The van der Waals surface area contributed by atoms with Crippen LogP contribution < -0.4 is 5.32 Å². The van der Waals surface area contributed by atoms with Crippen LogP contribution in [-0.4, -0.2) is 28.5 Å². The Hall–Kier alpha value is -1.73. The first-order chi connectivity index (χ1) is 8.97. The molecule has 2 rings (SSSR count). The van der Waals surface area contributed by atoms with E-state index < -0.39 is 4.92 Å². The summed E-state index contributed by atoms with van der Waals surface area (Å²) in [6, 6.07) is 2.51. The fourth-order valence-corrected chi connectivity index (χ4v) is 2.03. The molecule has 1 aromatic rings. The molecule has 102 valence electrons. The summed E-state index contributed by atoms with van der Waals surface area (Å²) in [6.45, 7) is 2.18. The first-order valence-corrected chi connectivity index (χ1v) is 6.08. The fraction of sp³-hybridized carbons (Fsp3) is 0.455. The van der Waals surface area contributed by atoms with Crippen LogP contribution in [-0.2, 0) is 9.53 Å². The molecule has 0 spiro atoms. The van der Waals surface area contributed by atoms with E-state index in [1.54, 1.807) is 0 Å². The normalized spacial score (nSPS) is 22.2. The fourth-order valence-electron chi connectivity index (χ4n) is 1.89. The molecule has 1 aliphatic heterocycles. The summed E-state index contributed by atoms with van der Waals surface area (Å²) in [5.41, 5.74) is -0.287. The Morgan fingerprint density at radius 3 is 2.95 bits per heavy atom. The van der Waals surface area contributed by atoms with Crippen molar-refractivity contribution in [1.29, 1.82) is 0 Å². The van der Waals surface area contributed by atoms with E-state index in [0.717, 1.165) is 0 Å². The van der Waals surface area contributed by atoms with Crippen molar-refractivity contribution in [1.82, 2.24) is 4.98 Å². The molecule has 0 aromatic carbocycles. The molecule has 8 heteroatoms. The maximum Gasteiger partial charge on any atom is 0.311 e. The predicted molar refractivity (Wildman–Crippen MR) is 68.1 cm³/mol. The molecular formula is C11H12ClN3O4. The predicted octanol–water partition coefficient (Wildman–Crippen LogP) is 2.01. The molecular weight excluding hydrogens is 274 g/mol. The van der Waals surface area contributed by atoms with Gasteiger partial charge in [-0.2, -0.15) is 0 Å². The number of ether oxygens (including phenoxy) is 1. The molecule has 1 amide bonds. The first kappa shape index (κ1) is 13.7. The minimum absolute atomic E-state index is 0.0121. The topological polar surface area (TPSA) is 94.4 Å². The summed E-state index contributed by atoms with van der Waals surface area (Å²) in [6.07, 6.45) is 0.596. The lowest BCUT2D eigenvalue weighted by molar-refractivity contribution is -0.384. The van der Waals surface area contributed by atoms with Crippen molar-refractivity contribution in [2.45, 2.75) is 19.4 Å². The van der Waals surface area contributed by atoms with Gasteiger partial charge in [0.2, 0.25) is 11.7 Å². The van der Waals surface area contributed by atoms with Crippen molar-refractivity contribution < 1.29 is 14.5 Å². The van der Waals surface area contributed by atoms with Gasteiger partial charge in [-0.15, -0.1) is 0 Å². The minimum atomic E-state index is -0.618. The molecule has 2 heterocycles. The minimum Gasteiger partial charge on any atom is -0.378 e. The number of amides is 1. The molecule has 0 bridgehead atoms. The van der Waals surface area contributed by atoms with Gasteiger partial charge in [0.25, 0.3) is 0 Å². The van der Waals surface area contributed by atoms with Crippen molar-refractivity contribution in [2.75, 3.05) is 11.9 Å². The lowest BCUT2D eigenvalue weighted by atomic mass is 10.1. The number of anilines is 1. The Morgan fingerprint density at radius 2 is 2.37 bits per heavy atom. The first-order valence-electron chi connectivity index (χ1n) is 5.70. The smallest absolute Gasteiger partial charge is 0.311 e. The number of halogens is 1. The van der Waals surface area contributed by atoms with E-state index >= 15 is 0 Å². The third kappa shape index (κ3) is 3.18. The van der Waals surface area contributed by atoms with Gasteiger partial charge in [-0.25, -0.2) is 4.98 Å². The SMILES string of the molecule is CC1CC(C(=O)Nc2nc(Cl)ccc2[N+](=O)[O-])CO1. The van der Waals surface area contributed by atoms with Gasteiger partial charge in [-0.1, -0.05) is 11.6 Å². The second-order valence-corrected chi connectivity index (χ2v) is 4.71. The molecule has 2 atom stereocenters. The zero-order valence-electron chi connectivity index (χ0n) is 10.1. The molecule has 7 nitrogen and oxygen atoms in total. The lowest BCUT2D eigenvalue weighted by Crippen LogP contribution is -2.24. The number of nitrogens with one attached hydrogen (secondary N) is 1. The van der Waals surface area contributed by atoms with Gasteiger partial charge < -0.3 is 10.1 Å². The maximum absolute atomic E-state index is 11.9. The molecule has 0 aliphatic carbocycles. The number of aromatic nitrogens is 1. The van der Waals surface area contributed by atoms with Gasteiger partial charge >= 0.3 is 5.69 Å². The van der Waals surface area contributed by atoms with Crippen LogP contribution >= 0.6 is 11.6 Å². The van der Waals surface area contributed by atoms with Crippen LogP contribution in [0.15, 0.2) is 12.1 Å². The summed E-state index contributed by atoms with van der Waals surface area (Å²) in [5, 5.41) is 13.4. The van der Waals surface area contributed by atoms with Crippen molar-refractivity contribution in [3.8, 4) is 0 Å². The van der Waals surface area contributed by atoms with Crippen LogP contribution in [0.2, 0.25) is 5.15 Å². The summed E-state index contributed by atoms with van der Waals surface area (Å²) >= 11 is 5.68. The van der Waals surface area contributed by atoms with Crippen molar-refractivity contribution in [3.05, 3.63) is 27.4 Å². The highest BCUT2D eigenvalue weighted by atomic mass is 35.5. The second kappa shape index (κ2) is 5.50. The van der Waals surface area contributed by atoms with Gasteiger partial charge in [0, 0.05) is 6.07 Å². The van der Waals surface area contributed by atoms with Crippen LogP contribution in [0.5, 0.6) is 0 Å². The number of hydrogen-bond donors (Lipinski definition) is 1. The summed E-state index contributed by atoms with van der Waals surface area (Å²) < 4.78 is 5.28. The van der Waals surface area contributed by atoms with Crippen LogP contribution in [0.25, 0.3) is 0 Å². The molecule has 1 aromatic heterocycles. The summed E-state index contributed by atoms with van der Waals surface area (Å²) in [7, 11) is 0. The Kier molecular flexibility index (Phi) is 3.96. The Labute approximate surface area is 114 Å². The Bertz CT molecular complexity index is 523. The number of carbonyl (C=O) groups excluding carboxylic acids is 1. The largest absolute Gasteiger partial charge is 0.378 e. The molecule has 1 fully saturated rings. The molecule has 0 radical (unpaired) electrons. The van der Waals surface area contributed by atoms with E-state index in [-0.39, 0.29) is 34.6 Å². The van der Waals surface area contributed by atoms with Gasteiger partial charge in [0.05, 0.1) is 23.6 Å². The van der Waals surface area contributed by atoms with E-state index in [0.29, 0.717) is 13.0 Å². The van der Waals surface area contributed by atoms with Gasteiger partial charge in [0.1, 0.15) is 5.15 Å². The number of carbonyl (C=O) groups is 1. The second-order valence-electron chi connectivity index (χ2n) is 4.32. The molecule has 19 heavy (non-hydrogen) atoms. The Balaban J connectivity index is 2.16. The lowest BCUT2D eigenvalue weighted by Gasteiger charge is -2.09. The van der Waals surface area contributed by atoms with Crippen LogP contribution in [0.3, 0.4) is 0 Å². The summed E-state index contributed by atoms with van der Waals surface area (Å²) in [5.74, 6) is -0.806. The number of hydrogen-bond acceptors (Lipinski definition) is 5. The van der Waals surface area contributed by atoms with E-state index in [2.05, 4.69) is 10.3 Å². The zero-order chi connectivity index (χ0) is 14.0. The van der Waals surface area contributed by atoms with E-state index in [1.807, 2.05) is 6.92 Å². The highest BCUT2D eigenvalue weighted by Crippen LogP contribution is 2.26. The third-order valence-corrected chi connectivity index (χ3v) is 3.06. The molecule has 1 saturated heterocycles. The van der Waals surface area contributed by atoms with Crippen molar-refractivity contribution >= 4 is 29.0 Å². The van der Waals surface area contributed by atoms with Crippen molar-refractivity contribution in [2.24, 2.45) is 5.92 Å². The molecule has 1 N–H and O–H groups in total. The van der Waals surface area contributed by atoms with Crippen LogP contribution in [0, 0.1) is 16.0 Å². The van der Waals surface area contributed by atoms with E-state index in [4.69, 9.17) is 16.3 Å².